The van der Waals surface area contributed by atoms with Gasteiger partial charge in [-0.05, 0) is 11.1 Å². The SMILES string of the molecule is C=Cc1ccc(Cn2nc(CC)nc2O)cc1. The third-order valence-electron chi connectivity index (χ3n) is 2.56. The summed E-state index contributed by atoms with van der Waals surface area (Å²) < 4.78 is 1.50. The Morgan fingerprint density at radius 1 is 1.35 bits per heavy atom. The number of hydrogen-bond donors (Lipinski definition) is 1. The third-order valence-corrected chi connectivity index (χ3v) is 2.56. The van der Waals surface area contributed by atoms with Crippen LogP contribution in [0.25, 0.3) is 6.08 Å². The zero-order chi connectivity index (χ0) is 12.3. The quantitative estimate of drug-likeness (QED) is 0.874. The van der Waals surface area contributed by atoms with Gasteiger partial charge in [-0.2, -0.15) is 10.1 Å². The molecule has 4 heteroatoms. The van der Waals surface area contributed by atoms with E-state index in [1.54, 1.807) is 6.08 Å². The van der Waals surface area contributed by atoms with Gasteiger partial charge in [-0.25, -0.2) is 4.68 Å². The van der Waals surface area contributed by atoms with Crippen molar-refractivity contribution in [3.8, 4) is 6.01 Å². The second-order valence-electron chi connectivity index (χ2n) is 3.78. The van der Waals surface area contributed by atoms with E-state index in [4.69, 9.17) is 0 Å². The molecule has 0 atom stereocenters. The van der Waals surface area contributed by atoms with Gasteiger partial charge in [-0.3, -0.25) is 0 Å². The van der Waals surface area contributed by atoms with Gasteiger partial charge in [0.25, 0.3) is 0 Å². The van der Waals surface area contributed by atoms with Crippen molar-refractivity contribution in [3.05, 3.63) is 47.8 Å². The Kier molecular flexibility index (Phi) is 3.23. The van der Waals surface area contributed by atoms with Crippen LogP contribution in [0.2, 0.25) is 0 Å². The fourth-order valence-electron chi connectivity index (χ4n) is 1.57. The van der Waals surface area contributed by atoms with Crippen LogP contribution in [0.1, 0.15) is 23.9 Å². The number of hydrogen-bond acceptors (Lipinski definition) is 3. The average molecular weight is 229 g/mol. The third kappa shape index (κ3) is 2.53. The van der Waals surface area contributed by atoms with E-state index in [1.807, 2.05) is 31.2 Å². The second kappa shape index (κ2) is 4.82. The largest absolute Gasteiger partial charge is 0.479 e. The summed E-state index contributed by atoms with van der Waals surface area (Å²) in [5, 5.41) is 13.8. The van der Waals surface area contributed by atoms with Gasteiger partial charge in [-0.1, -0.05) is 43.8 Å². The van der Waals surface area contributed by atoms with Crippen molar-refractivity contribution in [2.45, 2.75) is 19.9 Å². The molecule has 0 aliphatic carbocycles. The molecule has 2 aromatic rings. The van der Waals surface area contributed by atoms with E-state index >= 15 is 0 Å². The Labute approximate surface area is 100 Å². The molecule has 0 unspecified atom stereocenters. The molecular weight excluding hydrogens is 214 g/mol. The molecular formula is C13H15N3O. The van der Waals surface area contributed by atoms with Crippen LogP contribution < -0.4 is 0 Å². The monoisotopic (exact) mass is 229 g/mol. The Bertz CT molecular complexity index is 514. The molecule has 2 rings (SSSR count). The van der Waals surface area contributed by atoms with E-state index in [0.717, 1.165) is 17.5 Å². The molecule has 0 fully saturated rings. The number of aromatic hydroxyl groups is 1. The molecule has 0 aliphatic heterocycles. The van der Waals surface area contributed by atoms with Crippen LogP contribution in [0.5, 0.6) is 6.01 Å². The summed E-state index contributed by atoms with van der Waals surface area (Å²) in [4.78, 5) is 3.95. The van der Waals surface area contributed by atoms with Crippen LogP contribution in [0.4, 0.5) is 0 Å². The highest BCUT2D eigenvalue weighted by molar-refractivity contribution is 5.47. The first-order valence-electron chi connectivity index (χ1n) is 5.57. The summed E-state index contributed by atoms with van der Waals surface area (Å²) in [6, 6.07) is 7.91. The van der Waals surface area contributed by atoms with Crippen molar-refractivity contribution in [1.82, 2.24) is 14.8 Å². The van der Waals surface area contributed by atoms with E-state index < -0.39 is 0 Å². The van der Waals surface area contributed by atoms with E-state index in [2.05, 4.69) is 16.7 Å². The van der Waals surface area contributed by atoms with Gasteiger partial charge in [0.1, 0.15) is 0 Å². The van der Waals surface area contributed by atoms with Crippen LogP contribution in [-0.2, 0) is 13.0 Å². The highest BCUT2D eigenvalue weighted by Crippen LogP contribution is 2.11. The maximum absolute atomic E-state index is 9.60. The first-order chi connectivity index (χ1) is 8.22. The van der Waals surface area contributed by atoms with Gasteiger partial charge in [0.15, 0.2) is 5.82 Å². The Morgan fingerprint density at radius 2 is 2.06 bits per heavy atom. The van der Waals surface area contributed by atoms with Crippen LogP contribution in [0, 0.1) is 0 Å². The van der Waals surface area contributed by atoms with E-state index in [0.29, 0.717) is 12.4 Å². The van der Waals surface area contributed by atoms with E-state index in [-0.39, 0.29) is 6.01 Å². The number of rotatable bonds is 4. The standard InChI is InChI=1S/C13H15N3O/c1-3-10-5-7-11(8-6-10)9-16-13(17)14-12(4-2)15-16/h3,5-8H,1,4,9H2,2H3,(H,14,15,17). The lowest BCUT2D eigenvalue weighted by Crippen LogP contribution is -2.01. The van der Waals surface area contributed by atoms with Gasteiger partial charge in [0.05, 0.1) is 6.54 Å². The maximum atomic E-state index is 9.60. The molecule has 0 saturated carbocycles. The summed E-state index contributed by atoms with van der Waals surface area (Å²) in [7, 11) is 0. The minimum absolute atomic E-state index is 0.0327. The van der Waals surface area contributed by atoms with Crippen molar-refractivity contribution in [1.29, 1.82) is 0 Å². The van der Waals surface area contributed by atoms with Crippen LogP contribution in [-0.4, -0.2) is 19.9 Å². The number of benzene rings is 1. The molecule has 1 aromatic carbocycles. The molecule has 0 aliphatic rings. The molecule has 0 amide bonds. The molecule has 17 heavy (non-hydrogen) atoms. The van der Waals surface area contributed by atoms with Crippen LogP contribution in [0.15, 0.2) is 30.8 Å². The summed E-state index contributed by atoms with van der Waals surface area (Å²) in [6.07, 6.45) is 2.52. The normalized spacial score (nSPS) is 10.4. The van der Waals surface area contributed by atoms with Gasteiger partial charge in [-0.15, -0.1) is 0 Å². The lowest BCUT2D eigenvalue weighted by Gasteiger charge is -2.02. The van der Waals surface area contributed by atoms with Crippen LogP contribution in [0.3, 0.4) is 0 Å². The van der Waals surface area contributed by atoms with Gasteiger partial charge < -0.3 is 5.11 Å². The van der Waals surface area contributed by atoms with Gasteiger partial charge >= 0.3 is 6.01 Å². The summed E-state index contributed by atoms with van der Waals surface area (Å²) in [5.41, 5.74) is 2.14. The average Bonchev–Trinajstić information content (AvgIpc) is 2.71. The van der Waals surface area contributed by atoms with E-state index in [9.17, 15) is 5.11 Å². The highest BCUT2D eigenvalue weighted by Gasteiger charge is 2.07. The molecule has 0 bridgehead atoms. The predicted octanol–water partition coefficient (Wildman–Crippen LogP) is 2.24. The first kappa shape index (κ1) is 11.4. The molecule has 0 spiro atoms. The van der Waals surface area contributed by atoms with Crippen molar-refractivity contribution in [2.75, 3.05) is 0 Å². The fourth-order valence-corrected chi connectivity index (χ4v) is 1.57. The zero-order valence-corrected chi connectivity index (χ0v) is 9.80. The van der Waals surface area contributed by atoms with Crippen molar-refractivity contribution in [2.24, 2.45) is 0 Å². The molecule has 4 nitrogen and oxygen atoms in total. The number of aryl methyl sites for hydroxylation is 1. The predicted molar refractivity (Wildman–Crippen MR) is 66.7 cm³/mol. The molecule has 0 saturated heterocycles. The number of nitrogens with zero attached hydrogens (tertiary/aromatic N) is 3. The second-order valence-corrected chi connectivity index (χ2v) is 3.78. The lowest BCUT2D eigenvalue weighted by molar-refractivity contribution is 0.393. The molecule has 88 valence electrons. The topological polar surface area (TPSA) is 50.9 Å². The van der Waals surface area contributed by atoms with Crippen molar-refractivity contribution in [3.63, 3.8) is 0 Å². The molecule has 1 aromatic heterocycles. The fraction of sp³-hybridized carbons (Fsp3) is 0.231. The summed E-state index contributed by atoms with van der Waals surface area (Å²) in [6.45, 7) is 6.19. The first-order valence-corrected chi connectivity index (χ1v) is 5.57. The Morgan fingerprint density at radius 3 is 2.59 bits per heavy atom. The minimum atomic E-state index is -0.0327. The smallest absolute Gasteiger partial charge is 0.312 e. The van der Waals surface area contributed by atoms with Gasteiger partial charge in [0, 0.05) is 6.42 Å². The van der Waals surface area contributed by atoms with Crippen molar-refractivity contribution >= 4 is 6.08 Å². The molecule has 1 N–H and O–H groups in total. The summed E-state index contributed by atoms with van der Waals surface area (Å²) in [5.74, 6) is 0.658. The highest BCUT2D eigenvalue weighted by atomic mass is 16.3. The Hall–Kier alpha value is -2.10. The Balaban J connectivity index is 2.18. The number of aromatic nitrogens is 3. The summed E-state index contributed by atoms with van der Waals surface area (Å²) >= 11 is 0. The molecule has 0 radical (unpaired) electrons. The maximum Gasteiger partial charge on any atom is 0.312 e. The minimum Gasteiger partial charge on any atom is -0.479 e. The lowest BCUT2D eigenvalue weighted by atomic mass is 10.1. The zero-order valence-electron chi connectivity index (χ0n) is 9.80. The van der Waals surface area contributed by atoms with Crippen LogP contribution >= 0.6 is 0 Å². The van der Waals surface area contributed by atoms with E-state index in [1.165, 1.54) is 4.68 Å². The van der Waals surface area contributed by atoms with Gasteiger partial charge in [0.2, 0.25) is 0 Å². The van der Waals surface area contributed by atoms with Crippen molar-refractivity contribution < 1.29 is 5.11 Å². The molecule has 1 heterocycles.